The minimum absolute atomic E-state index is 0.757. The molecule has 5 heteroatoms. The maximum Gasteiger partial charge on any atom is 0.143 e. The molecule has 0 saturated heterocycles. The van der Waals surface area contributed by atoms with Gasteiger partial charge in [0.05, 0.1) is 9.26 Å². The minimum Gasteiger partial charge on any atom is -0.385 e. The summed E-state index contributed by atoms with van der Waals surface area (Å²) in [6.07, 6.45) is 3.95. The molecule has 1 rings (SSSR count). The van der Waals surface area contributed by atoms with Crippen molar-refractivity contribution < 1.29 is 4.74 Å². The number of aromatic nitrogens is 2. The molecule has 0 aromatic carbocycles. The van der Waals surface area contributed by atoms with Crippen LogP contribution in [0.25, 0.3) is 0 Å². The molecular formula is C12H20IN3O. The Bertz CT molecular complexity index is 358. The first-order valence-electron chi connectivity index (χ1n) is 5.94. The standard InChI is InChI=1S/C12H20IN3O/c1-4-6-9-11(13)12(14-2)16-10(15-9)7-5-8-17-3/h4-8H2,1-3H3,(H,14,15,16). The van der Waals surface area contributed by atoms with Gasteiger partial charge in [-0.15, -0.1) is 0 Å². The largest absolute Gasteiger partial charge is 0.385 e. The average molecular weight is 349 g/mol. The molecule has 0 atom stereocenters. The van der Waals surface area contributed by atoms with Gasteiger partial charge in [-0.2, -0.15) is 0 Å². The van der Waals surface area contributed by atoms with Gasteiger partial charge in [0.2, 0.25) is 0 Å². The molecule has 1 N–H and O–H groups in total. The average Bonchev–Trinajstić information content (AvgIpc) is 2.33. The lowest BCUT2D eigenvalue weighted by atomic mass is 10.2. The number of ether oxygens (including phenoxy) is 1. The third kappa shape index (κ3) is 4.39. The van der Waals surface area contributed by atoms with Crippen molar-refractivity contribution >= 4 is 28.4 Å². The van der Waals surface area contributed by atoms with E-state index in [0.29, 0.717) is 0 Å². The van der Waals surface area contributed by atoms with E-state index in [4.69, 9.17) is 4.74 Å². The summed E-state index contributed by atoms with van der Waals surface area (Å²) in [5, 5.41) is 3.14. The molecule has 0 unspecified atom stereocenters. The molecule has 0 saturated carbocycles. The molecule has 0 bridgehead atoms. The van der Waals surface area contributed by atoms with Crippen LogP contribution in [-0.4, -0.2) is 30.7 Å². The molecule has 0 fully saturated rings. The zero-order valence-corrected chi connectivity index (χ0v) is 12.9. The van der Waals surface area contributed by atoms with Crippen LogP contribution in [0.4, 0.5) is 5.82 Å². The lowest BCUT2D eigenvalue weighted by Crippen LogP contribution is -2.08. The second kappa shape index (κ2) is 7.81. The van der Waals surface area contributed by atoms with Gasteiger partial charge < -0.3 is 10.1 Å². The molecule has 0 aliphatic rings. The highest BCUT2D eigenvalue weighted by atomic mass is 127. The molecule has 17 heavy (non-hydrogen) atoms. The molecule has 0 amide bonds. The van der Waals surface area contributed by atoms with Gasteiger partial charge in [-0.3, -0.25) is 0 Å². The molecule has 1 aromatic heterocycles. The number of hydrogen-bond acceptors (Lipinski definition) is 4. The van der Waals surface area contributed by atoms with E-state index in [-0.39, 0.29) is 0 Å². The molecule has 1 heterocycles. The van der Waals surface area contributed by atoms with Gasteiger partial charge in [0, 0.05) is 27.2 Å². The normalized spacial score (nSPS) is 10.6. The first kappa shape index (κ1) is 14.6. The smallest absolute Gasteiger partial charge is 0.143 e. The van der Waals surface area contributed by atoms with Crippen LogP contribution in [-0.2, 0) is 17.6 Å². The monoisotopic (exact) mass is 349 g/mol. The third-order valence-corrected chi connectivity index (χ3v) is 3.57. The van der Waals surface area contributed by atoms with Crippen LogP contribution < -0.4 is 5.32 Å². The zero-order chi connectivity index (χ0) is 12.7. The molecule has 4 nitrogen and oxygen atoms in total. The van der Waals surface area contributed by atoms with Crippen molar-refractivity contribution in [3.05, 3.63) is 15.1 Å². The summed E-state index contributed by atoms with van der Waals surface area (Å²) in [6, 6.07) is 0. The van der Waals surface area contributed by atoms with Crippen molar-refractivity contribution in [1.82, 2.24) is 9.97 Å². The fourth-order valence-corrected chi connectivity index (χ4v) is 2.38. The maximum atomic E-state index is 5.05. The molecule has 0 aliphatic heterocycles. The van der Waals surface area contributed by atoms with E-state index in [0.717, 1.165) is 53.2 Å². The Balaban J connectivity index is 2.86. The lowest BCUT2D eigenvalue weighted by Gasteiger charge is -2.10. The Morgan fingerprint density at radius 1 is 1.29 bits per heavy atom. The summed E-state index contributed by atoms with van der Waals surface area (Å²) in [7, 11) is 3.62. The van der Waals surface area contributed by atoms with Crippen LogP contribution in [0.2, 0.25) is 0 Å². The SMILES string of the molecule is CCCc1nc(CCCOC)nc(NC)c1I. The number of nitrogens with one attached hydrogen (secondary N) is 1. The number of halogens is 1. The first-order valence-corrected chi connectivity index (χ1v) is 7.02. The molecule has 0 spiro atoms. The summed E-state index contributed by atoms with van der Waals surface area (Å²) >= 11 is 2.31. The highest BCUT2D eigenvalue weighted by Crippen LogP contribution is 2.20. The summed E-state index contributed by atoms with van der Waals surface area (Å²) in [5.74, 6) is 1.85. The number of methoxy groups -OCH3 is 1. The van der Waals surface area contributed by atoms with Crippen LogP contribution in [0.15, 0.2) is 0 Å². The summed E-state index contributed by atoms with van der Waals surface area (Å²) in [6.45, 7) is 2.93. The molecule has 0 radical (unpaired) electrons. The van der Waals surface area contributed by atoms with E-state index < -0.39 is 0 Å². The van der Waals surface area contributed by atoms with Gasteiger partial charge in [0.15, 0.2) is 0 Å². The first-order chi connectivity index (χ1) is 8.22. The van der Waals surface area contributed by atoms with Crippen LogP contribution in [0.1, 0.15) is 31.3 Å². The lowest BCUT2D eigenvalue weighted by molar-refractivity contribution is 0.194. The van der Waals surface area contributed by atoms with E-state index in [1.54, 1.807) is 7.11 Å². The summed E-state index contributed by atoms with van der Waals surface area (Å²) < 4.78 is 6.19. The topological polar surface area (TPSA) is 47.0 Å². The minimum atomic E-state index is 0.757. The van der Waals surface area contributed by atoms with Crippen molar-refractivity contribution in [2.24, 2.45) is 0 Å². The van der Waals surface area contributed by atoms with Gasteiger partial charge in [-0.1, -0.05) is 13.3 Å². The number of nitrogens with zero attached hydrogens (tertiary/aromatic N) is 2. The Morgan fingerprint density at radius 3 is 2.65 bits per heavy atom. The van der Waals surface area contributed by atoms with Gasteiger partial charge >= 0.3 is 0 Å². The molecule has 96 valence electrons. The second-order valence-electron chi connectivity index (χ2n) is 3.85. The van der Waals surface area contributed by atoms with Gasteiger partial charge in [0.1, 0.15) is 11.6 Å². The Kier molecular flexibility index (Phi) is 6.72. The van der Waals surface area contributed by atoms with Crippen molar-refractivity contribution in [2.75, 3.05) is 26.1 Å². The zero-order valence-electron chi connectivity index (χ0n) is 10.7. The van der Waals surface area contributed by atoms with Crippen molar-refractivity contribution in [2.45, 2.75) is 32.6 Å². The number of hydrogen-bond donors (Lipinski definition) is 1. The Labute approximate surface area is 117 Å². The van der Waals surface area contributed by atoms with Crippen molar-refractivity contribution in [3.63, 3.8) is 0 Å². The molecule has 0 aliphatic carbocycles. The predicted octanol–water partition coefficient (Wildman–Crippen LogP) is 2.65. The highest BCUT2D eigenvalue weighted by molar-refractivity contribution is 14.1. The van der Waals surface area contributed by atoms with Gasteiger partial charge in [-0.05, 0) is 35.4 Å². The van der Waals surface area contributed by atoms with E-state index in [1.807, 2.05) is 7.05 Å². The summed E-state index contributed by atoms with van der Waals surface area (Å²) in [4.78, 5) is 9.15. The highest BCUT2D eigenvalue weighted by Gasteiger charge is 2.10. The van der Waals surface area contributed by atoms with E-state index in [2.05, 4.69) is 44.8 Å². The number of aryl methyl sites for hydroxylation is 2. The number of rotatable bonds is 7. The number of anilines is 1. The van der Waals surface area contributed by atoms with Gasteiger partial charge in [0.25, 0.3) is 0 Å². The van der Waals surface area contributed by atoms with Crippen molar-refractivity contribution in [1.29, 1.82) is 0 Å². The van der Waals surface area contributed by atoms with Crippen LogP contribution in [0, 0.1) is 3.57 Å². The summed E-state index contributed by atoms with van der Waals surface area (Å²) in [5.41, 5.74) is 1.15. The third-order valence-electron chi connectivity index (χ3n) is 2.44. The van der Waals surface area contributed by atoms with E-state index >= 15 is 0 Å². The quantitative estimate of drug-likeness (QED) is 0.607. The Hall–Kier alpha value is -0.430. The van der Waals surface area contributed by atoms with Crippen LogP contribution >= 0.6 is 22.6 Å². The second-order valence-corrected chi connectivity index (χ2v) is 4.92. The van der Waals surface area contributed by atoms with Crippen molar-refractivity contribution in [3.8, 4) is 0 Å². The molecule has 1 aromatic rings. The predicted molar refractivity (Wildman–Crippen MR) is 78.5 cm³/mol. The van der Waals surface area contributed by atoms with Gasteiger partial charge in [-0.25, -0.2) is 9.97 Å². The van der Waals surface area contributed by atoms with E-state index in [9.17, 15) is 0 Å². The molecular weight excluding hydrogens is 329 g/mol. The Morgan fingerprint density at radius 2 is 2.06 bits per heavy atom. The maximum absolute atomic E-state index is 5.05. The fourth-order valence-electron chi connectivity index (χ4n) is 1.60. The fraction of sp³-hybridized carbons (Fsp3) is 0.667. The van der Waals surface area contributed by atoms with E-state index in [1.165, 1.54) is 0 Å². The van der Waals surface area contributed by atoms with Crippen LogP contribution in [0.3, 0.4) is 0 Å². The van der Waals surface area contributed by atoms with Crippen LogP contribution in [0.5, 0.6) is 0 Å².